The second-order valence-corrected chi connectivity index (χ2v) is 8.16. The van der Waals surface area contributed by atoms with Crippen LogP contribution in [0.4, 0.5) is 0 Å². The highest BCUT2D eigenvalue weighted by molar-refractivity contribution is 5.44. The third-order valence-corrected chi connectivity index (χ3v) is 7.15. The number of nitrogens with zero attached hydrogens (tertiary/aromatic N) is 1. The fraction of sp³-hybridized carbons (Fsp3) is 0.500. The van der Waals surface area contributed by atoms with Gasteiger partial charge in [0.1, 0.15) is 5.75 Å². The average molecular weight is 350 g/mol. The molecule has 2 aromatic carbocycles. The topological polar surface area (TPSA) is 23.5 Å². The van der Waals surface area contributed by atoms with E-state index in [4.69, 9.17) is 0 Å². The summed E-state index contributed by atoms with van der Waals surface area (Å²) < 4.78 is 0. The Bertz CT molecular complexity index is 756. The molecule has 0 amide bonds. The summed E-state index contributed by atoms with van der Waals surface area (Å²) in [5, 5.41) is 10.1. The Balaban J connectivity index is 1.63. The van der Waals surface area contributed by atoms with Crippen LogP contribution in [0.15, 0.2) is 48.5 Å². The normalized spacial score (nSPS) is 27.9. The summed E-state index contributed by atoms with van der Waals surface area (Å²) in [6, 6.07) is 17.6. The Kier molecular flexibility index (Phi) is 4.79. The standard InChI is InChI=1S/C24H31NO/c1-3-21-23-16-19-10-11-20(26)17-22(19)24(21,4-2)13-15-25(23)14-12-18-8-6-5-7-9-18/h5-11,17,21,23,26H,3-4,12-16H2,1-2H3/t21?,23-,24+/m0/s1. The molecular weight excluding hydrogens is 318 g/mol. The monoisotopic (exact) mass is 349 g/mol. The first-order valence-corrected chi connectivity index (χ1v) is 10.3. The predicted molar refractivity (Wildman–Crippen MR) is 108 cm³/mol. The number of hydrogen-bond acceptors (Lipinski definition) is 2. The first kappa shape index (κ1) is 17.6. The molecule has 1 fully saturated rings. The maximum atomic E-state index is 10.1. The molecule has 1 saturated heterocycles. The van der Waals surface area contributed by atoms with Crippen molar-refractivity contribution >= 4 is 0 Å². The summed E-state index contributed by atoms with van der Waals surface area (Å²) in [6.07, 6.45) is 5.87. The molecule has 2 bridgehead atoms. The second-order valence-electron chi connectivity index (χ2n) is 8.16. The summed E-state index contributed by atoms with van der Waals surface area (Å²) in [5.74, 6) is 1.11. The van der Waals surface area contributed by atoms with E-state index in [2.05, 4.69) is 61.2 Å². The molecule has 1 unspecified atom stereocenters. The number of piperidine rings is 1. The van der Waals surface area contributed by atoms with Crippen molar-refractivity contribution < 1.29 is 5.11 Å². The number of rotatable bonds is 5. The molecule has 0 radical (unpaired) electrons. The van der Waals surface area contributed by atoms with Crippen molar-refractivity contribution in [3.63, 3.8) is 0 Å². The van der Waals surface area contributed by atoms with Gasteiger partial charge >= 0.3 is 0 Å². The summed E-state index contributed by atoms with van der Waals surface area (Å²) in [4.78, 5) is 2.75. The molecule has 4 rings (SSSR count). The molecule has 1 aliphatic carbocycles. The molecule has 2 aliphatic rings. The van der Waals surface area contributed by atoms with Crippen LogP contribution in [-0.2, 0) is 18.3 Å². The molecule has 138 valence electrons. The molecule has 0 spiro atoms. The molecule has 2 aromatic rings. The molecule has 0 aromatic heterocycles. The van der Waals surface area contributed by atoms with Gasteiger partial charge in [-0.15, -0.1) is 0 Å². The van der Waals surface area contributed by atoms with Gasteiger partial charge in [0.05, 0.1) is 0 Å². The summed E-state index contributed by atoms with van der Waals surface area (Å²) >= 11 is 0. The van der Waals surface area contributed by atoms with Crippen molar-refractivity contribution in [3.8, 4) is 5.75 Å². The Hall–Kier alpha value is -1.80. The molecule has 0 saturated carbocycles. The van der Waals surface area contributed by atoms with Gasteiger partial charge in [-0.3, -0.25) is 4.90 Å². The zero-order chi connectivity index (χ0) is 18.1. The number of phenolic OH excluding ortho intramolecular Hbond substituents is 1. The van der Waals surface area contributed by atoms with Gasteiger partial charge in [0.15, 0.2) is 0 Å². The summed E-state index contributed by atoms with van der Waals surface area (Å²) in [6.45, 7) is 7.03. The van der Waals surface area contributed by atoms with E-state index in [1.807, 2.05) is 6.07 Å². The van der Waals surface area contributed by atoms with Gasteiger partial charge in [-0.05, 0) is 67.0 Å². The predicted octanol–water partition coefficient (Wildman–Crippen LogP) is 4.94. The first-order valence-electron chi connectivity index (χ1n) is 10.3. The zero-order valence-electron chi connectivity index (χ0n) is 16.1. The van der Waals surface area contributed by atoms with Crippen molar-refractivity contribution in [1.82, 2.24) is 4.90 Å². The Morgan fingerprint density at radius 1 is 1.12 bits per heavy atom. The van der Waals surface area contributed by atoms with Crippen molar-refractivity contribution in [3.05, 3.63) is 65.2 Å². The van der Waals surface area contributed by atoms with Crippen molar-refractivity contribution in [2.75, 3.05) is 13.1 Å². The minimum Gasteiger partial charge on any atom is -0.508 e. The average Bonchev–Trinajstić information content (AvgIpc) is 2.68. The van der Waals surface area contributed by atoms with E-state index in [9.17, 15) is 5.11 Å². The minimum atomic E-state index is 0.245. The lowest BCUT2D eigenvalue weighted by Gasteiger charge is -2.57. The van der Waals surface area contributed by atoms with Crippen LogP contribution >= 0.6 is 0 Å². The van der Waals surface area contributed by atoms with Crippen molar-refractivity contribution in [2.45, 2.75) is 57.4 Å². The Morgan fingerprint density at radius 2 is 1.92 bits per heavy atom. The molecule has 2 heteroatoms. The fourth-order valence-corrected chi connectivity index (χ4v) is 5.84. The quantitative estimate of drug-likeness (QED) is 0.826. The lowest BCUT2D eigenvalue weighted by Crippen LogP contribution is -2.59. The van der Waals surface area contributed by atoms with Gasteiger partial charge in [-0.1, -0.05) is 56.7 Å². The van der Waals surface area contributed by atoms with Gasteiger partial charge in [0.25, 0.3) is 0 Å². The maximum Gasteiger partial charge on any atom is 0.115 e. The van der Waals surface area contributed by atoms with Gasteiger partial charge < -0.3 is 5.11 Å². The highest BCUT2D eigenvalue weighted by atomic mass is 16.3. The van der Waals surface area contributed by atoms with Gasteiger partial charge in [0.2, 0.25) is 0 Å². The van der Waals surface area contributed by atoms with Gasteiger partial charge in [-0.2, -0.15) is 0 Å². The molecular formula is C24H31NO. The van der Waals surface area contributed by atoms with Crippen LogP contribution in [0.1, 0.15) is 49.8 Å². The van der Waals surface area contributed by atoms with E-state index in [1.54, 1.807) is 0 Å². The number of hydrogen-bond donors (Lipinski definition) is 1. The lowest BCUT2D eigenvalue weighted by molar-refractivity contribution is 0.00994. The SMILES string of the molecule is CCC1[C@@H]2Cc3ccc(O)cc3[C@]1(CC)CCN2CCc1ccccc1. The van der Waals surface area contributed by atoms with E-state index in [0.717, 1.165) is 19.4 Å². The van der Waals surface area contributed by atoms with E-state index < -0.39 is 0 Å². The molecule has 1 heterocycles. The second kappa shape index (κ2) is 7.08. The highest BCUT2D eigenvalue weighted by Crippen LogP contribution is 2.52. The largest absolute Gasteiger partial charge is 0.508 e. The van der Waals surface area contributed by atoms with Crippen molar-refractivity contribution in [2.24, 2.45) is 5.92 Å². The number of fused-ring (bicyclic) bond motifs is 4. The number of likely N-dealkylation sites (tertiary alicyclic amines) is 1. The smallest absolute Gasteiger partial charge is 0.115 e. The summed E-state index contributed by atoms with van der Waals surface area (Å²) in [7, 11) is 0. The van der Waals surface area contributed by atoms with Crippen LogP contribution in [0, 0.1) is 5.92 Å². The van der Waals surface area contributed by atoms with Crippen LogP contribution in [0.5, 0.6) is 5.75 Å². The lowest BCUT2D eigenvalue weighted by atomic mass is 9.55. The fourth-order valence-electron chi connectivity index (χ4n) is 5.84. The first-order chi connectivity index (χ1) is 12.7. The number of benzene rings is 2. The third-order valence-electron chi connectivity index (χ3n) is 7.15. The highest BCUT2D eigenvalue weighted by Gasteiger charge is 2.51. The number of phenols is 1. The van der Waals surface area contributed by atoms with Gasteiger partial charge in [-0.25, -0.2) is 0 Å². The molecule has 2 nitrogen and oxygen atoms in total. The van der Waals surface area contributed by atoms with Crippen LogP contribution in [-0.4, -0.2) is 29.1 Å². The van der Waals surface area contributed by atoms with Crippen LogP contribution < -0.4 is 0 Å². The molecule has 26 heavy (non-hydrogen) atoms. The third kappa shape index (κ3) is 2.85. The van der Waals surface area contributed by atoms with Crippen LogP contribution in [0.25, 0.3) is 0 Å². The Labute approximate surface area is 157 Å². The molecule has 1 aliphatic heterocycles. The van der Waals surface area contributed by atoms with Crippen molar-refractivity contribution in [1.29, 1.82) is 0 Å². The molecule has 3 atom stereocenters. The zero-order valence-corrected chi connectivity index (χ0v) is 16.1. The molecule has 1 N–H and O–H groups in total. The Morgan fingerprint density at radius 3 is 2.65 bits per heavy atom. The number of aromatic hydroxyl groups is 1. The maximum absolute atomic E-state index is 10.1. The van der Waals surface area contributed by atoms with E-state index in [1.165, 1.54) is 42.5 Å². The van der Waals surface area contributed by atoms with E-state index in [0.29, 0.717) is 17.7 Å². The van der Waals surface area contributed by atoms with Crippen LogP contribution in [0.2, 0.25) is 0 Å². The van der Waals surface area contributed by atoms with E-state index >= 15 is 0 Å². The van der Waals surface area contributed by atoms with E-state index in [-0.39, 0.29) is 5.41 Å². The van der Waals surface area contributed by atoms with Crippen LogP contribution in [0.3, 0.4) is 0 Å². The van der Waals surface area contributed by atoms with Gasteiger partial charge in [0, 0.05) is 18.0 Å². The minimum absolute atomic E-state index is 0.245. The summed E-state index contributed by atoms with van der Waals surface area (Å²) in [5.41, 5.74) is 4.58.